The molecule has 1 rings (SSSR count). The number of non-ortho nitro benzene ring substituents is 1. The highest BCUT2D eigenvalue weighted by Crippen LogP contribution is 2.20. The zero-order chi connectivity index (χ0) is 14.6. The minimum absolute atomic E-state index is 0.149. The molecule has 0 amide bonds. The first kappa shape index (κ1) is 14.8. The molecule has 0 atom stereocenters. The molecule has 0 saturated heterocycles. The van der Waals surface area contributed by atoms with E-state index in [2.05, 4.69) is 21.6 Å². The topological polar surface area (TPSA) is 108 Å². The number of hydrogen-bond acceptors (Lipinski definition) is 5. The molecule has 0 unspecified atom stereocenters. The Hall–Kier alpha value is -2.29. The number of carbonyl (C=O) groups excluding carboxylic acids is 1. The lowest BCUT2D eigenvalue weighted by Crippen LogP contribution is -2.24. The number of alkyl halides is 3. The summed E-state index contributed by atoms with van der Waals surface area (Å²) in [5.41, 5.74) is 5.28. The lowest BCUT2D eigenvalue weighted by Gasteiger charge is -2.04. The number of rotatable bonds is 4. The third kappa shape index (κ3) is 4.14. The molecule has 0 bridgehead atoms. The highest BCUT2D eigenvalue weighted by Gasteiger charge is 2.38. The molecule has 0 fully saturated rings. The average molecular weight is 294 g/mol. The van der Waals surface area contributed by atoms with Crippen molar-refractivity contribution in [3.05, 3.63) is 39.9 Å². The predicted molar refractivity (Wildman–Crippen MR) is 60.7 cm³/mol. The maximum Gasteiger partial charge on any atom is 0.420 e. The lowest BCUT2D eigenvalue weighted by atomic mass is 10.2. The summed E-state index contributed by atoms with van der Waals surface area (Å²) in [5, 5.41) is 9.12. The molecule has 102 valence electrons. The molecule has 1 aromatic rings. The van der Waals surface area contributed by atoms with Crippen molar-refractivity contribution in [2.45, 2.75) is 5.38 Å². The van der Waals surface area contributed by atoms with Crippen molar-refractivity contribution in [1.82, 2.24) is 0 Å². The molecule has 0 aromatic heterocycles. The van der Waals surface area contributed by atoms with Crippen molar-refractivity contribution in [3.8, 4) is 0 Å². The van der Waals surface area contributed by atoms with Crippen LogP contribution in [0.15, 0.2) is 29.4 Å². The summed E-state index contributed by atoms with van der Waals surface area (Å²) in [6.45, 7) is 0. The van der Waals surface area contributed by atoms with Crippen LogP contribution in [-0.4, -0.2) is 22.1 Å². The first-order chi connectivity index (χ1) is 8.71. The predicted octanol–water partition coefficient (Wildman–Crippen LogP) is 1.59. The normalized spacial score (nSPS) is 12.1. The van der Waals surface area contributed by atoms with Crippen LogP contribution in [0.25, 0.3) is 0 Å². The third-order valence-corrected chi connectivity index (χ3v) is 1.99. The number of nitro benzene ring substituents is 1. The van der Waals surface area contributed by atoms with E-state index in [-0.39, 0.29) is 11.3 Å². The number of hydrogen-bond donors (Lipinski definition) is 1. The number of oxime groups is 1. The second-order valence-electron chi connectivity index (χ2n) is 3.16. The van der Waals surface area contributed by atoms with Gasteiger partial charge in [-0.1, -0.05) is 5.16 Å². The zero-order valence-electron chi connectivity index (χ0n) is 9.05. The van der Waals surface area contributed by atoms with Crippen LogP contribution in [0.2, 0.25) is 0 Å². The van der Waals surface area contributed by atoms with Crippen molar-refractivity contribution >= 4 is 29.1 Å². The molecule has 0 radical (unpaired) electrons. The van der Waals surface area contributed by atoms with Crippen LogP contribution in [0, 0.1) is 10.1 Å². The SMILES string of the molecule is N/C(=N\OC(=O)C(F)(F)Cl)c1ccc([N+](=O)[O-])cc1. The van der Waals surface area contributed by atoms with Gasteiger partial charge in [-0.2, -0.15) is 8.78 Å². The van der Waals surface area contributed by atoms with Crippen LogP contribution in [0.1, 0.15) is 5.56 Å². The molecule has 2 N–H and O–H groups in total. The van der Waals surface area contributed by atoms with Crippen molar-refractivity contribution in [2.24, 2.45) is 10.9 Å². The summed E-state index contributed by atoms with van der Waals surface area (Å²) in [5.74, 6) is -2.50. The van der Waals surface area contributed by atoms with Crippen LogP contribution in [0.3, 0.4) is 0 Å². The molecule has 19 heavy (non-hydrogen) atoms. The van der Waals surface area contributed by atoms with Crippen LogP contribution < -0.4 is 5.73 Å². The Labute approximate surface area is 109 Å². The van der Waals surface area contributed by atoms with Gasteiger partial charge in [0, 0.05) is 17.7 Å². The van der Waals surface area contributed by atoms with Gasteiger partial charge in [0.1, 0.15) is 0 Å². The molecule has 0 saturated carbocycles. The molecule has 0 aliphatic rings. The fourth-order valence-corrected chi connectivity index (χ4v) is 0.983. The van der Waals surface area contributed by atoms with E-state index < -0.39 is 22.1 Å². The first-order valence-electron chi connectivity index (χ1n) is 4.58. The van der Waals surface area contributed by atoms with Crippen LogP contribution >= 0.6 is 11.6 Å². The maximum atomic E-state index is 12.2. The highest BCUT2D eigenvalue weighted by molar-refractivity contribution is 6.31. The lowest BCUT2D eigenvalue weighted by molar-refractivity contribution is -0.384. The van der Waals surface area contributed by atoms with Crippen LogP contribution in [0.4, 0.5) is 14.5 Å². The second-order valence-corrected chi connectivity index (χ2v) is 3.63. The smallest absolute Gasteiger partial charge is 0.380 e. The summed E-state index contributed by atoms with van der Waals surface area (Å²) >= 11 is 4.38. The molecule has 0 aliphatic carbocycles. The number of halogens is 3. The molecule has 1 aromatic carbocycles. The monoisotopic (exact) mass is 293 g/mol. The van der Waals surface area contributed by atoms with Gasteiger partial charge in [0.2, 0.25) is 0 Å². The summed E-state index contributed by atoms with van der Waals surface area (Å²) < 4.78 is 24.4. The van der Waals surface area contributed by atoms with E-state index in [4.69, 9.17) is 5.73 Å². The van der Waals surface area contributed by atoms with Gasteiger partial charge >= 0.3 is 11.4 Å². The third-order valence-electron chi connectivity index (χ3n) is 1.83. The molecular formula is C9H6ClF2N3O4. The minimum Gasteiger partial charge on any atom is -0.380 e. The van der Waals surface area contributed by atoms with Crippen LogP contribution in [0.5, 0.6) is 0 Å². The molecule has 10 heteroatoms. The van der Waals surface area contributed by atoms with E-state index in [9.17, 15) is 23.7 Å². The number of nitro groups is 1. The van der Waals surface area contributed by atoms with Crippen molar-refractivity contribution < 1.29 is 23.3 Å². The summed E-state index contributed by atoms with van der Waals surface area (Å²) in [7, 11) is 0. The Kier molecular flexibility index (Phi) is 4.33. The standard InChI is InChI=1S/C9H6ClF2N3O4/c10-9(11,12)8(16)19-14-7(13)5-1-3-6(4-2-5)15(17)18/h1-4H,(H2,13,14). The maximum absolute atomic E-state index is 12.2. The van der Waals surface area contributed by atoms with E-state index in [0.717, 1.165) is 12.1 Å². The van der Waals surface area contributed by atoms with Crippen molar-refractivity contribution in [3.63, 3.8) is 0 Å². The fourth-order valence-electron chi connectivity index (χ4n) is 0.949. The van der Waals surface area contributed by atoms with Crippen molar-refractivity contribution in [2.75, 3.05) is 0 Å². The second kappa shape index (κ2) is 5.57. The van der Waals surface area contributed by atoms with Gasteiger partial charge in [-0.15, -0.1) is 0 Å². The van der Waals surface area contributed by atoms with E-state index in [0.29, 0.717) is 0 Å². The minimum atomic E-state index is -4.21. The zero-order valence-corrected chi connectivity index (χ0v) is 9.80. The van der Waals surface area contributed by atoms with Gasteiger partial charge in [-0.05, 0) is 23.7 Å². The number of carbonyl (C=O) groups is 1. The van der Waals surface area contributed by atoms with Gasteiger partial charge in [0.15, 0.2) is 5.84 Å². The molecular weight excluding hydrogens is 288 g/mol. The van der Waals surface area contributed by atoms with Crippen LogP contribution in [-0.2, 0) is 9.63 Å². The van der Waals surface area contributed by atoms with E-state index in [1.807, 2.05) is 0 Å². The van der Waals surface area contributed by atoms with Gasteiger partial charge in [-0.25, -0.2) is 4.79 Å². The Balaban J connectivity index is 2.80. The number of benzene rings is 1. The van der Waals surface area contributed by atoms with E-state index in [1.54, 1.807) is 0 Å². The quantitative estimate of drug-likeness (QED) is 0.226. The highest BCUT2D eigenvalue weighted by atomic mass is 35.5. The Morgan fingerprint density at radius 1 is 1.42 bits per heavy atom. The molecule has 7 nitrogen and oxygen atoms in total. The van der Waals surface area contributed by atoms with Gasteiger partial charge in [0.05, 0.1) is 4.92 Å². The summed E-state index contributed by atoms with van der Waals surface area (Å²) in [6, 6.07) is 4.67. The van der Waals surface area contributed by atoms with E-state index >= 15 is 0 Å². The first-order valence-corrected chi connectivity index (χ1v) is 4.96. The van der Waals surface area contributed by atoms with Gasteiger partial charge in [-0.3, -0.25) is 10.1 Å². The molecule has 0 heterocycles. The van der Waals surface area contributed by atoms with E-state index in [1.165, 1.54) is 12.1 Å². The van der Waals surface area contributed by atoms with Gasteiger partial charge in [0.25, 0.3) is 5.69 Å². The number of nitrogens with zero attached hydrogens (tertiary/aromatic N) is 2. The molecule has 0 spiro atoms. The fraction of sp³-hybridized carbons (Fsp3) is 0.111. The number of amidine groups is 1. The van der Waals surface area contributed by atoms with Gasteiger partial charge < -0.3 is 10.6 Å². The Morgan fingerprint density at radius 2 is 1.95 bits per heavy atom. The Morgan fingerprint density at radius 3 is 2.37 bits per heavy atom. The number of nitrogens with two attached hydrogens (primary N) is 1. The molecule has 0 aliphatic heterocycles. The largest absolute Gasteiger partial charge is 0.420 e. The summed E-state index contributed by atoms with van der Waals surface area (Å²) in [4.78, 5) is 24.1. The van der Waals surface area contributed by atoms with Crippen molar-refractivity contribution in [1.29, 1.82) is 0 Å². The Bertz CT molecular complexity index is 527. The summed E-state index contributed by atoms with van der Waals surface area (Å²) in [6.07, 6.45) is 0. The average Bonchev–Trinajstić information content (AvgIpc) is 2.34.